The number of alkyl halides is 3. The maximum atomic E-state index is 13.2. The van der Waals surface area contributed by atoms with Crippen LogP contribution in [0.4, 0.5) is 24.5 Å². The van der Waals surface area contributed by atoms with E-state index in [-0.39, 0.29) is 16.3 Å². The molecule has 0 aliphatic heterocycles. The first-order valence-corrected chi connectivity index (χ1v) is 13.1. The number of rotatable bonds is 7. The molecule has 13 heteroatoms. The molecule has 8 nitrogen and oxygen atoms in total. The molecule has 0 aliphatic carbocycles. The van der Waals surface area contributed by atoms with Crippen LogP contribution in [0.2, 0.25) is 0 Å². The zero-order chi connectivity index (χ0) is 26.8. The van der Waals surface area contributed by atoms with Crippen molar-refractivity contribution < 1.29 is 26.5 Å². The molecule has 0 fully saturated rings. The molecule has 0 aliphatic rings. The van der Waals surface area contributed by atoms with E-state index in [2.05, 4.69) is 4.99 Å². The molecule has 0 spiro atoms. The smallest absolute Gasteiger partial charge is 0.316 e. The summed E-state index contributed by atoms with van der Waals surface area (Å²) >= 11 is 1.22. The van der Waals surface area contributed by atoms with Gasteiger partial charge in [-0.15, -0.1) is 11.3 Å². The number of hydrogen-bond acceptors (Lipinski definition) is 6. The lowest BCUT2D eigenvalue weighted by atomic mass is 10.1. The van der Waals surface area contributed by atoms with Gasteiger partial charge in [0.2, 0.25) is 10.0 Å². The van der Waals surface area contributed by atoms with Gasteiger partial charge in [-0.1, -0.05) is 18.2 Å². The number of nitrogens with two attached hydrogens (primary N) is 1. The van der Waals surface area contributed by atoms with Crippen molar-refractivity contribution in [3.63, 3.8) is 0 Å². The summed E-state index contributed by atoms with van der Waals surface area (Å²) in [7, 11) is -3.83. The number of nitro groups is 1. The Balaban J connectivity index is 1.74. The van der Waals surface area contributed by atoms with E-state index in [1.54, 1.807) is 34.2 Å². The molecule has 1 heterocycles. The lowest BCUT2D eigenvalue weighted by Gasteiger charge is -2.10. The minimum absolute atomic E-state index is 0.0220. The summed E-state index contributed by atoms with van der Waals surface area (Å²) in [5, 5.41) is 18.0. The molecule has 0 radical (unpaired) electrons. The van der Waals surface area contributed by atoms with Gasteiger partial charge in [-0.05, 0) is 60.0 Å². The van der Waals surface area contributed by atoms with Gasteiger partial charge in [0.15, 0.2) is 4.80 Å². The Bertz CT molecular complexity index is 1610. The van der Waals surface area contributed by atoms with E-state index in [0.29, 0.717) is 29.0 Å². The number of benzene rings is 3. The normalized spacial score (nSPS) is 12.6. The summed E-state index contributed by atoms with van der Waals surface area (Å²) in [6.07, 6.45) is -4.07. The molecule has 0 saturated carbocycles. The second-order valence-electron chi connectivity index (χ2n) is 7.96. The van der Waals surface area contributed by atoms with Crippen LogP contribution in [-0.4, -0.2) is 17.9 Å². The monoisotopic (exact) mass is 548 g/mol. The summed E-state index contributed by atoms with van der Waals surface area (Å²) in [6.45, 7) is 0.350. The number of thiazole rings is 1. The number of nitrogens with zero attached hydrogens (tertiary/aromatic N) is 3. The molecule has 2 N–H and O–H groups in total. The van der Waals surface area contributed by atoms with E-state index in [0.717, 1.165) is 17.7 Å². The minimum Gasteiger partial charge on any atom is -0.316 e. The van der Waals surface area contributed by atoms with Gasteiger partial charge in [0, 0.05) is 24.1 Å². The van der Waals surface area contributed by atoms with Gasteiger partial charge in [0.1, 0.15) is 0 Å². The maximum absolute atomic E-state index is 13.2. The van der Waals surface area contributed by atoms with E-state index in [1.807, 2.05) is 0 Å². The standard InChI is InChI=1S/C24H19F3N4O4S2/c25-24(26,27)18-2-1-3-19(14-18)29-23-30(13-12-16-4-10-21(11-5-16)37(28,34)35)22(15-36-23)17-6-8-20(9-7-17)31(32)33/h1-11,14-15H,12-13H2,(H2,28,34,35). The van der Waals surface area contributed by atoms with Gasteiger partial charge < -0.3 is 4.57 Å². The second kappa shape index (κ2) is 10.3. The maximum Gasteiger partial charge on any atom is 0.416 e. The zero-order valence-electron chi connectivity index (χ0n) is 18.9. The topological polar surface area (TPSA) is 121 Å². The van der Waals surface area contributed by atoms with Gasteiger partial charge in [0.05, 0.1) is 26.8 Å². The largest absolute Gasteiger partial charge is 0.416 e. The molecule has 0 atom stereocenters. The number of aryl methyl sites for hydroxylation is 1. The highest BCUT2D eigenvalue weighted by Crippen LogP contribution is 2.31. The number of primary sulfonamides is 1. The van der Waals surface area contributed by atoms with E-state index in [4.69, 9.17) is 5.14 Å². The Hall–Kier alpha value is -3.81. The van der Waals surface area contributed by atoms with Crippen LogP contribution in [0.25, 0.3) is 11.3 Å². The van der Waals surface area contributed by atoms with Crippen LogP contribution < -0.4 is 9.94 Å². The summed E-state index contributed by atoms with van der Waals surface area (Å²) < 4.78 is 64.3. The van der Waals surface area contributed by atoms with E-state index < -0.39 is 26.7 Å². The molecule has 0 unspecified atom stereocenters. The van der Waals surface area contributed by atoms with Crippen molar-refractivity contribution >= 4 is 32.7 Å². The Labute approximate surface area is 213 Å². The third kappa shape index (κ3) is 6.31. The summed E-state index contributed by atoms with van der Waals surface area (Å²) in [5.74, 6) is 0. The molecule has 0 amide bonds. The van der Waals surface area contributed by atoms with Gasteiger partial charge in [-0.3, -0.25) is 10.1 Å². The highest BCUT2D eigenvalue weighted by molar-refractivity contribution is 7.89. The first kappa shape index (κ1) is 26.3. The predicted molar refractivity (Wildman–Crippen MR) is 133 cm³/mol. The number of aromatic nitrogens is 1. The van der Waals surface area contributed by atoms with Crippen LogP contribution in [0.15, 0.2) is 88.1 Å². The van der Waals surface area contributed by atoms with E-state index >= 15 is 0 Å². The van der Waals surface area contributed by atoms with Crippen molar-refractivity contribution in [2.24, 2.45) is 10.1 Å². The Kier molecular flexibility index (Phi) is 7.30. The third-order valence-electron chi connectivity index (χ3n) is 5.45. The van der Waals surface area contributed by atoms with Crippen LogP contribution in [-0.2, 0) is 29.2 Å². The van der Waals surface area contributed by atoms with Gasteiger partial charge in [-0.2, -0.15) is 13.2 Å². The van der Waals surface area contributed by atoms with Crippen LogP contribution in [0.1, 0.15) is 11.1 Å². The van der Waals surface area contributed by atoms with Crippen molar-refractivity contribution in [1.29, 1.82) is 0 Å². The number of hydrogen-bond donors (Lipinski definition) is 1. The molecule has 192 valence electrons. The fraction of sp³-hybridized carbons (Fsp3) is 0.125. The van der Waals surface area contributed by atoms with Crippen LogP contribution in [0.5, 0.6) is 0 Å². The average molecular weight is 549 g/mol. The fourth-order valence-electron chi connectivity index (χ4n) is 3.57. The Morgan fingerprint density at radius 3 is 2.30 bits per heavy atom. The third-order valence-corrected chi connectivity index (χ3v) is 7.24. The van der Waals surface area contributed by atoms with Crippen molar-refractivity contribution in [3.8, 4) is 11.3 Å². The van der Waals surface area contributed by atoms with Crippen molar-refractivity contribution in [3.05, 3.63) is 104 Å². The molecule has 4 rings (SSSR count). The number of nitro benzene ring substituents is 1. The van der Waals surface area contributed by atoms with Crippen molar-refractivity contribution in [2.45, 2.75) is 24.0 Å². The lowest BCUT2D eigenvalue weighted by molar-refractivity contribution is -0.384. The van der Waals surface area contributed by atoms with Crippen molar-refractivity contribution in [1.82, 2.24) is 4.57 Å². The number of halogens is 3. The Morgan fingerprint density at radius 1 is 1.03 bits per heavy atom. The molecule has 0 saturated heterocycles. The van der Waals surface area contributed by atoms with E-state index in [9.17, 15) is 31.7 Å². The summed E-state index contributed by atoms with van der Waals surface area (Å²) in [4.78, 5) is 15.4. The van der Waals surface area contributed by atoms with Crippen LogP contribution in [0, 0.1) is 10.1 Å². The lowest BCUT2D eigenvalue weighted by Crippen LogP contribution is -2.17. The highest BCUT2D eigenvalue weighted by Gasteiger charge is 2.30. The molecule has 1 aromatic heterocycles. The molecular weight excluding hydrogens is 529 g/mol. The van der Waals surface area contributed by atoms with Crippen LogP contribution in [0.3, 0.4) is 0 Å². The van der Waals surface area contributed by atoms with Gasteiger partial charge >= 0.3 is 6.18 Å². The highest BCUT2D eigenvalue weighted by atomic mass is 32.2. The first-order chi connectivity index (χ1) is 17.4. The van der Waals surface area contributed by atoms with Gasteiger partial charge in [0.25, 0.3) is 5.69 Å². The first-order valence-electron chi connectivity index (χ1n) is 10.7. The minimum atomic E-state index is -4.51. The number of non-ortho nitro benzene ring substituents is 1. The second-order valence-corrected chi connectivity index (χ2v) is 10.4. The summed E-state index contributed by atoms with van der Waals surface area (Å²) in [5.41, 5.74) is 1.37. The summed E-state index contributed by atoms with van der Waals surface area (Å²) in [6, 6.07) is 16.6. The molecule has 3 aromatic carbocycles. The zero-order valence-corrected chi connectivity index (χ0v) is 20.6. The molecule has 4 aromatic rings. The van der Waals surface area contributed by atoms with Crippen LogP contribution >= 0.6 is 11.3 Å². The van der Waals surface area contributed by atoms with Gasteiger partial charge in [-0.25, -0.2) is 18.5 Å². The SMILES string of the molecule is NS(=O)(=O)c1ccc(CCn2c(-c3ccc([N+](=O)[O-])cc3)csc2=Nc2cccc(C(F)(F)F)c2)cc1. The molecular formula is C24H19F3N4O4S2. The number of sulfonamides is 1. The fourth-order valence-corrected chi connectivity index (χ4v) is 5.04. The van der Waals surface area contributed by atoms with E-state index in [1.165, 1.54) is 47.7 Å². The van der Waals surface area contributed by atoms with Crippen molar-refractivity contribution in [2.75, 3.05) is 0 Å². The molecule has 0 bridgehead atoms. The molecule has 37 heavy (non-hydrogen) atoms. The average Bonchev–Trinajstić information content (AvgIpc) is 3.24. The Morgan fingerprint density at radius 2 is 1.70 bits per heavy atom. The predicted octanol–water partition coefficient (Wildman–Crippen LogP) is 5.27. The quantitative estimate of drug-likeness (QED) is 0.250.